The molecule has 4 nitrogen and oxygen atoms in total. The Morgan fingerprint density at radius 1 is 1.37 bits per heavy atom. The van der Waals surface area contributed by atoms with Gasteiger partial charge in [-0.15, -0.1) is 0 Å². The van der Waals surface area contributed by atoms with E-state index in [4.69, 9.17) is 0 Å². The molecule has 2 heterocycles. The normalized spacial score (nSPS) is 19.0. The van der Waals surface area contributed by atoms with Crippen LogP contribution < -0.4 is 5.56 Å². The largest absolute Gasteiger partial charge is 0.276 e. The highest BCUT2D eigenvalue weighted by molar-refractivity contribution is 5.41. The lowest BCUT2D eigenvalue weighted by molar-refractivity contribution is -0.0884. The SMILES string of the molecule is O=c1cc(C(F)F)cc2nc(C3CC(F)(F)C3)[nH]n12. The first-order valence-corrected chi connectivity index (χ1v) is 5.64. The number of aromatic amines is 1. The van der Waals surface area contributed by atoms with Gasteiger partial charge in [-0.25, -0.2) is 27.1 Å². The van der Waals surface area contributed by atoms with E-state index in [1.54, 1.807) is 0 Å². The first-order valence-electron chi connectivity index (χ1n) is 5.64. The van der Waals surface area contributed by atoms with Gasteiger partial charge in [0.2, 0.25) is 5.92 Å². The summed E-state index contributed by atoms with van der Waals surface area (Å²) in [4.78, 5) is 15.5. The predicted octanol–water partition coefficient (Wildman–Crippen LogP) is 2.47. The molecule has 0 spiro atoms. The third-order valence-electron chi connectivity index (χ3n) is 3.23. The van der Waals surface area contributed by atoms with Gasteiger partial charge >= 0.3 is 0 Å². The number of nitrogens with zero attached hydrogens (tertiary/aromatic N) is 2. The summed E-state index contributed by atoms with van der Waals surface area (Å²) < 4.78 is 51.6. The summed E-state index contributed by atoms with van der Waals surface area (Å²) in [5.41, 5.74) is -1.09. The van der Waals surface area contributed by atoms with Gasteiger partial charge in [0.05, 0.1) is 0 Å². The van der Waals surface area contributed by atoms with Crippen LogP contribution in [0.2, 0.25) is 0 Å². The van der Waals surface area contributed by atoms with Crippen LogP contribution >= 0.6 is 0 Å². The minimum Gasteiger partial charge on any atom is -0.276 e. The maximum absolute atomic E-state index is 12.8. The molecular formula is C11H9F4N3O. The standard InChI is InChI=1S/C11H9F4N3O/c12-9(13)5-1-7-16-10(6-3-11(14,15)4-6)17-18(7)8(19)2-5/h1-2,6,9H,3-4H2,(H,16,17). The zero-order valence-electron chi connectivity index (χ0n) is 9.54. The summed E-state index contributed by atoms with van der Waals surface area (Å²) >= 11 is 0. The first kappa shape index (κ1) is 12.2. The molecule has 0 amide bonds. The van der Waals surface area contributed by atoms with Gasteiger partial charge in [-0.05, 0) is 6.07 Å². The highest BCUT2D eigenvalue weighted by Gasteiger charge is 2.47. The zero-order chi connectivity index (χ0) is 13.8. The van der Waals surface area contributed by atoms with Gasteiger partial charge in [0.15, 0.2) is 5.65 Å². The van der Waals surface area contributed by atoms with Crippen molar-refractivity contribution < 1.29 is 17.6 Å². The fourth-order valence-corrected chi connectivity index (χ4v) is 2.20. The van der Waals surface area contributed by atoms with E-state index in [0.29, 0.717) is 0 Å². The van der Waals surface area contributed by atoms with Gasteiger partial charge in [0.25, 0.3) is 12.0 Å². The number of nitrogens with one attached hydrogen (secondary N) is 1. The van der Waals surface area contributed by atoms with Crippen LogP contribution in [-0.4, -0.2) is 20.5 Å². The molecule has 2 aromatic heterocycles. The second-order valence-corrected chi connectivity index (χ2v) is 4.69. The molecule has 1 fully saturated rings. The van der Waals surface area contributed by atoms with Crippen LogP contribution in [0.3, 0.4) is 0 Å². The average Bonchev–Trinajstić information content (AvgIpc) is 2.69. The zero-order valence-corrected chi connectivity index (χ0v) is 9.54. The smallest absolute Gasteiger partial charge is 0.271 e. The summed E-state index contributed by atoms with van der Waals surface area (Å²) in [6, 6.07) is 1.87. The van der Waals surface area contributed by atoms with Crippen molar-refractivity contribution in [2.24, 2.45) is 0 Å². The van der Waals surface area contributed by atoms with Gasteiger partial charge in [0, 0.05) is 30.4 Å². The van der Waals surface area contributed by atoms with Crippen LogP contribution in [-0.2, 0) is 0 Å². The number of pyridine rings is 1. The second kappa shape index (κ2) is 3.82. The minimum atomic E-state index is -2.77. The molecule has 0 atom stereocenters. The molecule has 0 aromatic carbocycles. The van der Waals surface area contributed by atoms with Crippen LogP contribution in [0.1, 0.15) is 36.6 Å². The molecule has 1 aliphatic rings. The fourth-order valence-electron chi connectivity index (χ4n) is 2.20. The van der Waals surface area contributed by atoms with Gasteiger partial charge in [-0.3, -0.25) is 9.89 Å². The number of alkyl halides is 4. The average molecular weight is 275 g/mol. The third kappa shape index (κ3) is 2.00. The number of rotatable bonds is 2. The molecule has 0 radical (unpaired) electrons. The van der Waals surface area contributed by atoms with Crippen LogP contribution in [0.25, 0.3) is 5.65 Å². The van der Waals surface area contributed by atoms with Gasteiger partial charge in [-0.2, -0.15) is 0 Å². The fraction of sp³-hybridized carbons (Fsp3) is 0.455. The van der Waals surface area contributed by atoms with Crippen molar-refractivity contribution in [1.29, 1.82) is 0 Å². The van der Waals surface area contributed by atoms with Crippen molar-refractivity contribution in [3.8, 4) is 0 Å². The van der Waals surface area contributed by atoms with E-state index in [1.165, 1.54) is 0 Å². The van der Waals surface area contributed by atoms with Crippen LogP contribution in [0, 0.1) is 0 Å². The predicted molar refractivity (Wildman–Crippen MR) is 57.7 cm³/mol. The van der Waals surface area contributed by atoms with Crippen molar-refractivity contribution in [2.45, 2.75) is 31.1 Å². The van der Waals surface area contributed by atoms with Crippen LogP contribution in [0.15, 0.2) is 16.9 Å². The van der Waals surface area contributed by atoms with Crippen molar-refractivity contribution in [1.82, 2.24) is 14.6 Å². The Balaban J connectivity index is 2.02. The lowest BCUT2D eigenvalue weighted by atomic mass is 9.81. The van der Waals surface area contributed by atoms with Crippen LogP contribution in [0.4, 0.5) is 17.6 Å². The highest BCUT2D eigenvalue weighted by Crippen LogP contribution is 2.47. The Labute approximate surface area is 104 Å². The molecule has 0 bridgehead atoms. The molecule has 0 saturated heterocycles. The van der Waals surface area contributed by atoms with Gasteiger partial charge in [-0.1, -0.05) is 0 Å². The highest BCUT2D eigenvalue weighted by atomic mass is 19.3. The summed E-state index contributed by atoms with van der Waals surface area (Å²) in [6.07, 6.45) is -3.46. The van der Waals surface area contributed by atoms with Gasteiger partial charge in [0.1, 0.15) is 5.82 Å². The monoisotopic (exact) mass is 275 g/mol. The molecule has 0 aliphatic heterocycles. The number of H-pyrrole nitrogens is 1. The number of hydrogen-bond donors (Lipinski definition) is 1. The van der Waals surface area contributed by atoms with E-state index in [-0.39, 0.29) is 24.3 Å². The van der Waals surface area contributed by atoms with Crippen molar-refractivity contribution in [3.05, 3.63) is 33.9 Å². The van der Waals surface area contributed by atoms with E-state index in [2.05, 4.69) is 10.1 Å². The summed E-state index contributed by atoms with van der Waals surface area (Å²) in [7, 11) is 0. The molecule has 102 valence electrons. The van der Waals surface area contributed by atoms with E-state index in [1.807, 2.05) is 0 Å². The molecule has 2 aromatic rings. The molecule has 3 rings (SSSR count). The Morgan fingerprint density at radius 2 is 2.05 bits per heavy atom. The molecule has 1 saturated carbocycles. The molecule has 1 aliphatic carbocycles. The third-order valence-corrected chi connectivity index (χ3v) is 3.23. The number of halogens is 4. The van der Waals surface area contributed by atoms with Crippen LogP contribution in [0.5, 0.6) is 0 Å². The molecule has 8 heteroatoms. The molecule has 0 unspecified atom stereocenters. The maximum Gasteiger partial charge on any atom is 0.271 e. The van der Waals surface area contributed by atoms with Crippen molar-refractivity contribution in [3.63, 3.8) is 0 Å². The van der Waals surface area contributed by atoms with Crippen molar-refractivity contribution in [2.75, 3.05) is 0 Å². The lowest BCUT2D eigenvalue weighted by Crippen LogP contribution is -2.34. The number of fused-ring (bicyclic) bond motifs is 1. The van der Waals surface area contributed by atoms with E-state index in [0.717, 1.165) is 16.6 Å². The lowest BCUT2D eigenvalue weighted by Gasteiger charge is -2.33. The number of hydrogen-bond acceptors (Lipinski definition) is 2. The quantitative estimate of drug-likeness (QED) is 0.856. The van der Waals surface area contributed by atoms with E-state index < -0.39 is 29.4 Å². The summed E-state index contributed by atoms with van der Waals surface area (Å²) in [6.45, 7) is 0. The summed E-state index contributed by atoms with van der Waals surface area (Å²) in [5, 5.41) is 2.58. The minimum absolute atomic E-state index is 0.0213. The van der Waals surface area contributed by atoms with E-state index in [9.17, 15) is 22.4 Å². The van der Waals surface area contributed by atoms with E-state index >= 15 is 0 Å². The Kier molecular flexibility index (Phi) is 2.45. The Hall–Kier alpha value is -1.86. The second-order valence-electron chi connectivity index (χ2n) is 4.69. The Morgan fingerprint density at radius 3 is 2.63 bits per heavy atom. The summed E-state index contributed by atoms with van der Waals surface area (Å²) in [5.74, 6) is -2.94. The Bertz CT molecular complexity index is 683. The van der Waals surface area contributed by atoms with Gasteiger partial charge < -0.3 is 0 Å². The molecule has 1 N–H and O–H groups in total. The maximum atomic E-state index is 12.8. The number of aromatic nitrogens is 3. The molecular weight excluding hydrogens is 266 g/mol. The first-order chi connectivity index (χ1) is 8.85. The van der Waals surface area contributed by atoms with Crippen molar-refractivity contribution >= 4 is 5.65 Å². The topological polar surface area (TPSA) is 50.2 Å². The molecule has 19 heavy (non-hydrogen) atoms.